The first-order valence-electron chi connectivity index (χ1n) is 8.24. The molecule has 1 saturated heterocycles. The highest BCUT2D eigenvalue weighted by atomic mass is 16.3. The third-order valence-corrected chi connectivity index (χ3v) is 4.73. The van der Waals surface area contributed by atoms with E-state index in [1.807, 2.05) is 30.1 Å². The van der Waals surface area contributed by atoms with Gasteiger partial charge in [-0.2, -0.15) is 4.98 Å². The van der Waals surface area contributed by atoms with Crippen molar-refractivity contribution in [3.8, 4) is 0 Å². The lowest BCUT2D eigenvalue weighted by atomic mass is 9.90. The van der Waals surface area contributed by atoms with E-state index in [0.29, 0.717) is 12.3 Å². The Morgan fingerprint density at radius 1 is 1.21 bits per heavy atom. The minimum atomic E-state index is -0.496. The van der Waals surface area contributed by atoms with Gasteiger partial charge in [-0.1, -0.05) is 0 Å². The summed E-state index contributed by atoms with van der Waals surface area (Å²) in [5, 5.41) is 15.0. The smallest absolute Gasteiger partial charge is 0.252 e. The molecule has 0 amide bonds. The largest absolute Gasteiger partial charge is 0.385 e. The molecule has 0 radical (unpaired) electrons. The van der Waals surface area contributed by atoms with Crippen molar-refractivity contribution in [1.29, 1.82) is 0 Å². The van der Waals surface area contributed by atoms with E-state index in [0.717, 1.165) is 37.6 Å². The van der Waals surface area contributed by atoms with Gasteiger partial charge in [0.1, 0.15) is 11.9 Å². The molecule has 1 aliphatic heterocycles. The minimum absolute atomic E-state index is 0.248. The second-order valence-electron chi connectivity index (χ2n) is 6.35. The summed E-state index contributed by atoms with van der Waals surface area (Å²) in [4.78, 5) is 15.2. The van der Waals surface area contributed by atoms with Crippen molar-refractivity contribution in [3.63, 3.8) is 0 Å². The summed E-state index contributed by atoms with van der Waals surface area (Å²) < 4.78 is 3.59. The lowest BCUT2D eigenvalue weighted by molar-refractivity contribution is 0.0486. The number of fused-ring (bicyclic) bond motifs is 1. The maximum atomic E-state index is 10.5. The first kappa shape index (κ1) is 15.2. The van der Waals surface area contributed by atoms with Gasteiger partial charge in [0, 0.05) is 31.8 Å². The van der Waals surface area contributed by atoms with Crippen LogP contribution in [-0.2, 0) is 13.6 Å². The number of aromatic nitrogens is 6. The Morgan fingerprint density at radius 2 is 2.04 bits per heavy atom. The number of hydrogen-bond donors (Lipinski definition) is 1. The summed E-state index contributed by atoms with van der Waals surface area (Å²) in [6, 6.07) is 1.84. The van der Waals surface area contributed by atoms with E-state index in [1.54, 1.807) is 16.9 Å². The maximum absolute atomic E-state index is 10.5. The normalized spacial score (nSPS) is 18.2. The van der Waals surface area contributed by atoms with Crippen LogP contribution in [0.4, 0.5) is 0 Å². The Labute approximate surface area is 139 Å². The Balaban J connectivity index is 1.36. The lowest BCUT2D eigenvalue weighted by Crippen LogP contribution is -2.36. The van der Waals surface area contributed by atoms with E-state index in [2.05, 4.69) is 25.0 Å². The average molecular weight is 327 g/mol. The first-order chi connectivity index (χ1) is 11.7. The van der Waals surface area contributed by atoms with Crippen LogP contribution in [0, 0.1) is 5.92 Å². The van der Waals surface area contributed by atoms with Crippen molar-refractivity contribution in [3.05, 3.63) is 42.5 Å². The lowest BCUT2D eigenvalue weighted by Gasteiger charge is -2.33. The van der Waals surface area contributed by atoms with Crippen molar-refractivity contribution < 1.29 is 5.11 Å². The molecule has 8 heteroatoms. The summed E-state index contributed by atoms with van der Waals surface area (Å²) in [5.74, 6) is 2.42. The van der Waals surface area contributed by atoms with Gasteiger partial charge in [-0.05, 0) is 37.9 Å². The topological polar surface area (TPSA) is 84.4 Å². The van der Waals surface area contributed by atoms with Crippen LogP contribution in [0.3, 0.4) is 0 Å². The molecule has 4 heterocycles. The van der Waals surface area contributed by atoms with Crippen LogP contribution < -0.4 is 0 Å². The molecule has 1 fully saturated rings. The molecule has 1 N–H and O–H groups in total. The van der Waals surface area contributed by atoms with Gasteiger partial charge < -0.3 is 9.67 Å². The quantitative estimate of drug-likeness (QED) is 0.763. The van der Waals surface area contributed by atoms with Crippen LogP contribution in [0.2, 0.25) is 0 Å². The molecule has 1 atom stereocenters. The van der Waals surface area contributed by atoms with Gasteiger partial charge in [-0.15, -0.1) is 5.10 Å². The maximum Gasteiger partial charge on any atom is 0.252 e. The van der Waals surface area contributed by atoms with Crippen molar-refractivity contribution >= 4 is 5.78 Å². The summed E-state index contributed by atoms with van der Waals surface area (Å²) in [6.45, 7) is 2.57. The Hall–Kier alpha value is -2.32. The molecule has 126 valence electrons. The molecule has 3 aromatic rings. The second-order valence-corrected chi connectivity index (χ2v) is 6.35. The zero-order chi connectivity index (χ0) is 16.5. The number of aryl methyl sites for hydroxylation is 1. The number of aliphatic hydroxyl groups is 1. The predicted octanol–water partition coefficient (Wildman–Crippen LogP) is 0.803. The minimum Gasteiger partial charge on any atom is -0.385 e. The SMILES string of the molecule is Cn1ccnc1C(O)C1CCN(Cc2nc3ncccn3n2)CC1. The van der Waals surface area contributed by atoms with Gasteiger partial charge in [0.2, 0.25) is 0 Å². The highest BCUT2D eigenvalue weighted by molar-refractivity contribution is 5.24. The molecule has 24 heavy (non-hydrogen) atoms. The summed E-state index contributed by atoms with van der Waals surface area (Å²) in [7, 11) is 1.92. The van der Waals surface area contributed by atoms with Crippen molar-refractivity contribution in [2.24, 2.45) is 13.0 Å². The van der Waals surface area contributed by atoms with Crippen LogP contribution in [0.25, 0.3) is 5.78 Å². The van der Waals surface area contributed by atoms with Crippen LogP contribution in [0.1, 0.15) is 30.6 Å². The van der Waals surface area contributed by atoms with Gasteiger partial charge in [0.05, 0.1) is 6.54 Å². The van der Waals surface area contributed by atoms with Crippen molar-refractivity contribution in [2.45, 2.75) is 25.5 Å². The average Bonchev–Trinajstić information content (AvgIpc) is 3.20. The van der Waals surface area contributed by atoms with E-state index < -0.39 is 6.10 Å². The fourth-order valence-corrected chi connectivity index (χ4v) is 3.34. The fourth-order valence-electron chi connectivity index (χ4n) is 3.34. The molecule has 8 nitrogen and oxygen atoms in total. The molecular formula is C16H21N7O. The number of hydrogen-bond acceptors (Lipinski definition) is 6. The zero-order valence-electron chi connectivity index (χ0n) is 13.7. The van der Waals surface area contributed by atoms with Crippen LogP contribution in [-0.4, -0.2) is 52.2 Å². The standard InChI is InChI=1S/C16H21N7O/c1-21-10-6-17-15(21)14(24)12-3-8-22(9-4-12)11-13-19-16-18-5-2-7-23(16)20-13/h2,5-7,10,12,14,24H,3-4,8-9,11H2,1H3. The molecular weight excluding hydrogens is 306 g/mol. The van der Waals surface area contributed by atoms with Gasteiger partial charge in [-0.3, -0.25) is 4.90 Å². The fraction of sp³-hybridized carbons (Fsp3) is 0.500. The highest BCUT2D eigenvalue weighted by Crippen LogP contribution is 2.30. The number of rotatable bonds is 4. The van der Waals surface area contributed by atoms with Crippen LogP contribution in [0.15, 0.2) is 30.9 Å². The zero-order valence-corrected chi connectivity index (χ0v) is 13.7. The molecule has 0 spiro atoms. The van der Waals surface area contributed by atoms with Crippen LogP contribution >= 0.6 is 0 Å². The van der Waals surface area contributed by atoms with Crippen LogP contribution in [0.5, 0.6) is 0 Å². The third kappa shape index (κ3) is 2.90. The predicted molar refractivity (Wildman–Crippen MR) is 87.0 cm³/mol. The second kappa shape index (κ2) is 6.29. The number of imidazole rings is 1. The third-order valence-electron chi connectivity index (χ3n) is 4.73. The summed E-state index contributed by atoms with van der Waals surface area (Å²) in [5.41, 5.74) is 0. The van der Waals surface area contributed by atoms with E-state index in [1.165, 1.54) is 0 Å². The number of aliphatic hydroxyl groups excluding tert-OH is 1. The molecule has 0 bridgehead atoms. The van der Waals surface area contributed by atoms with Crippen molar-refractivity contribution in [1.82, 2.24) is 34.0 Å². The first-order valence-corrected chi connectivity index (χ1v) is 8.24. The van der Waals surface area contributed by atoms with Gasteiger partial charge >= 0.3 is 0 Å². The number of piperidine rings is 1. The number of likely N-dealkylation sites (tertiary alicyclic amines) is 1. The molecule has 0 aliphatic carbocycles. The molecule has 0 saturated carbocycles. The van der Waals surface area contributed by atoms with E-state index >= 15 is 0 Å². The Morgan fingerprint density at radius 3 is 2.75 bits per heavy atom. The molecule has 1 aliphatic rings. The Bertz CT molecular complexity index is 786. The van der Waals surface area contributed by atoms with Gasteiger partial charge in [-0.25, -0.2) is 14.5 Å². The molecule has 1 unspecified atom stereocenters. The molecule has 4 rings (SSSR count). The van der Waals surface area contributed by atoms with Crippen molar-refractivity contribution in [2.75, 3.05) is 13.1 Å². The van der Waals surface area contributed by atoms with E-state index in [9.17, 15) is 5.11 Å². The summed E-state index contributed by atoms with van der Waals surface area (Å²) in [6.07, 6.45) is 8.57. The molecule has 3 aromatic heterocycles. The monoisotopic (exact) mass is 327 g/mol. The van der Waals surface area contributed by atoms with Gasteiger partial charge in [0.25, 0.3) is 5.78 Å². The number of nitrogens with zero attached hydrogens (tertiary/aromatic N) is 7. The van der Waals surface area contributed by atoms with Gasteiger partial charge in [0.15, 0.2) is 5.82 Å². The van der Waals surface area contributed by atoms with E-state index in [-0.39, 0.29) is 5.92 Å². The highest BCUT2D eigenvalue weighted by Gasteiger charge is 2.28. The molecule has 0 aromatic carbocycles. The summed E-state index contributed by atoms with van der Waals surface area (Å²) >= 11 is 0. The Kier molecular flexibility index (Phi) is 3.99. The van der Waals surface area contributed by atoms with E-state index in [4.69, 9.17) is 0 Å².